The standard InChI is InChI=1S/C21H11BrF6N4O/c22-13-6-4-11(5-7-13)16-9-17(21(26,27)28)32-18(31-16)15(10-29-32)19(33)30-14-3-1-2-12(8-14)20(23,24)25/h1-10H,(H,30,33). The molecule has 4 aromatic rings. The number of carbonyl (C=O) groups excluding carboxylic acids is 1. The van der Waals surface area contributed by atoms with Gasteiger partial charge in [0, 0.05) is 15.7 Å². The van der Waals surface area contributed by atoms with Crippen molar-refractivity contribution >= 4 is 33.2 Å². The summed E-state index contributed by atoms with van der Waals surface area (Å²) in [5, 5.41) is 5.89. The van der Waals surface area contributed by atoms with Crippen LogP contribution in [0.25, 0.3) is 16.9 Å². The molecule has 0 saturated heterocycles. The molecule has 0 fully saturated rings. The number of nitrogens with zero attached hydrogens (tertiary/aromatic N) is 3. The lowest BCUT2D eigenvalue weighted by atomic mass is 10.1. The molecule has 2 aromatic heterocycles. The third kappa shape index (κ3) is 4.70. The molecule has 0 aliphatic rings. The second-order valence-electron chi connectivity index (χ2n) is 6.86. The number of rotatable bonds is 3. The number of fused-ring (bicyclic) bond motifs is 1. The number of halogens is 7. The van der Waals surface area contributed by atoms with Crippen LogP contribution in [0.15, 0.2) is 65.3 Å². The van der Waals surface area contributed by atoms with Crippen LogP contribution >= 0.6 is 15.9 Å². The molecule has 12 heteroatoms. The molecule has 0 atom stereocenters. The molecule has 0 bridgehead atoms. The van der Waals surface area contributed by atoms with E-state index in [1.165, 1.54) is 6.07 Å². The van der Waals surface area contributed by atoms with Crippen molar-refractivity contribution in [3.63, 3.8) is 0 Å². The fraction of sp³-hybridized carbons (Fsp3) is 0.0952. The van der Waals surface area contributed by atoms with E-state index in [-0.39, 0.29) is 16.9 Å². The van der Waals surface area contributed by atoms with E-state index in [1.807, 2.05) is 0 Å². The van der Waals surface area contributed by atoms with Gasteiger partial charge in [-0.15, -0.1) is 0 Å². The molecule has 2 heterocycles. The zero-order valence-electron chi connectivity index (χ0n) is 16.2. The SMILES string of the molecule is O=C(Nc1cccc(C(F)(F)F)c1)c1cnn2c(C(F)(F)F)cc(-c3ccc(Br)cc3)nc12. The third-order valence-electron chi connectivity index (χ3n) is 4.59. The summed E-state index contributed by atoms with van der Waals surface area (Å²) in [7, 11) is 0. The van der Waals surface area contributed by atoms with Gasteiger partial charge < -0.3 is 5.32 Å². The molecule has 1 N–H and O–H groups in total. The number of amides is 1. The molecule has 5 nitrogen and oxygen atoms in total. The lowest BCUT2D eigenvalue weighted by Gasteiger charge is -2.12. The first kappa shape index (κ1) is 22.8. The first-order chi connectivity index (χ1) is 15.4. The summed E-state index contributed by atoms with van der Waals surface area (Å²) in [6.07, 6.45) is -8.56. The van der Waals surface area contributed by atoms with E-state index in [0.717, 1.165) is 24.4 Å². The Morgan fingerprint density at radius 3 is 2.27 bits per heavy atom. The van der Waals surface area contributed by atoms with Crippen molar-refractivity contribution in [2.24, 2.45) is 0 Å². The van der Waals surface area contributed by atoms with Gasteiger partial charge in [0.15, 0.2) is 11.3 Å². The molecular weight excluding hydrogens is 518 g/mol. The van der Waals surface area contributed by atoms with Gasteiger partial charge in [0.05, 0.1) is 17.5 Å². The molecule has 33 heavy (non-hydrogen) atoms. The Labute approximate surface area is 190 Å². The zero-order chi connectivity index (χ0) is 24.0. The van der Waals surface area contributed by atoms with Crippen LogP contribution < -0.4 is 5.32 Å². The van der Waals surface area contributed by atoms with Gasteiger partial charge in [-0.2, -0.15) is 31.4 Å². The molecule has 170 valence electrons. The van der Waals surface area contributed by atoms with Crippen molar-refractivity contribution in [3.8, 4) is 11.3 Å². The Bertz CT molecular complexity index is 1350. The molecule has 0 unspecified atom stereocenters. The smallest absolute Gasteiger partial charge is 0.322 e. The monoisotopic (exact) mass is 528 g/mol. The Balaban J connectivity index is 1.79. The van der Waals surface area contributed by atoms with E-state index >= 15 is 0 Å². The van der Waals surface area contributed by atoms with Crippen LogP contribution in [0.3, 0.4) is 0 Å². The van der Waals surface area contributed by atoms with Crippen LogP contribution in [0, 0.1) is 0 Å². The molecule has 0 radical (unpaired) electrons. The summed E-state index contributed by atoms with van der Waals surface area (Å²) < 4.78 is 81.0. The number of anilines is 1. The number of aromatic nitrogens is 3. The van der Waals surface area contributed by atoms with Gasteiger partial charge >= 0.3 is 12.4 Å². The normalized spacial score (nSPS) is 12.2. The topological polar surface area (TPSA) is 59.3 Å². The first-order valence-corrected chi connectivity index (χ1v) is 9.93. The maximum absolute atomic E-state index is 13.7. The fourth-order valence-electron chi connectivity index (χ4n) is 3.07. The van der Waals surface area contributed by atoms with E-state index in [4.69, 9.17) is 0 Å². The summed E-state index contributed by atoms with van der Waals surface area (Å²) in [5.74, 6) is -0.960. The van der Waals surface area contributed by atoms with Crippen molar-refractivity contribution < 1.29 is 31.1 Å². The average molecular weight is 529 g/mol. The average Bonchev–Trinajstić information content (AvgIpc) is 3.16. The first-order valence-electron chi connectivity index (χ1n) is 9.14. The van der Waals surface area contributed by atoms with Crippen LogP contribution in [0.5, 0.6) is 0 Å². The maximum Gasteiger partial charge on any atom is 0.433 e. The zero-order valence-corrected chi connectivity index (χ0v) is 17.8. The highest BCUT2D eigenvalue weighted by Gasteiger charge is 2.36. The number of hydrogen-bond donors (Lipinski definition) is 1. The molecule has 0 aliphatic heterocycles. The minimum absolute atomic E-state index is 0.0593. The van der Waals surface area contributed by atoms with Crippen LogP contribution in [-0.4, -0.2) is 20.5 Å². The molecule has 1 amide bonds. The minimum atomic E-state index is -4.81. The number of carbonyl (C=O) groups is 1. The van der Waals surface area contributed by atoms with E-state index in [2.05, 4.69) is 31.3 Å². The summed E-state index contributed by atoms with van der Waals surface area (Å²) in [5.41, 5.74) is -2.77. The number of hydrogen-bond acceptors (Lipinski definition) is 3. The van der Waals surface area contributed by atoms with Gasteiger partial charge in [0.25, 0.3) is 5.91 Å². The van der Waals surface area contributed by atoms with Crippen molar-refractivity contribution in [1.82, 2.24) is 14.6 Å². The summed E-state index contributed by atoms with van der Waals surface area (Å²) >= 11 is 3.24. The number of alkyl halides is 6. The van der Waals surface area contributed by atoms with Crippen LogP contribution in [0.1, 0.15) is 21.6 Å². The van der Waals surface area contributed by atoms with Crippen molar-refractivity contribution in [2.45, 2.75) is 12.4 Å². The number of benzene rings is 2. The lowest BCUT2D eigenvalue weighted by molar-refractivity contribution is -0.142. The highest BCUT2D eigenvalue weighted by atomic mass is 79.9. The van der Waals surface area contributed by atoms with Crippen LogP contribution in [0.2, 0.25) is 0 Å². The fourth-order valence-corrected chi connectivity index (χ4v) is 3.33. The van der Waals surface area contributed by atoms with Crippen molar-refractivity contribution in [3.05, 3.63) is 82.1 Å². The Morgan fingerprint density at radius 2 is 1.64 bits per heavy atom. The minimum Gasteiger partial charge on any atom is -0.322 e. The van der Waals surface area contributed by atoms with E-state index in [1.54, 1.807) is 24.3 Å². The molecule has 0 aliphatic carbocycles. The summed E-state index contributed by atoms with van der Waals surface area (Å²) in [6, 6.07) is 11.0. The summed E-state index contributed by atoms with van der Waals surface area (Å²) in [4.78, 5) is 16.9. The van der Waals surface area contributed by atoms with Crippen LogP contribution in [-0.2, 0) is 12.4 Å². The highest BCUT2D eigenvalue weighted by molar-refractivity contribution is 9.10. The van der Waals surface area contributed by atoms with E-state index < -0.39 is 35.2 Å². The Kier molecular flexibility index (Phi) is 5.64. The molecule has 4 rings (SSSR count). The third-order valence-corrected chi connectivity index (χ3v) is 5.12. The second-order valence-corrected chi connectivity index (χ2v) is 7.77. The quantitative estimate of drug-likeness (QED) is 0.311. The Morgan fingerprint density at radius 1 is 0.939 bits per heavy atom. The molecule has 0 spiro atoms. The largest absolute Gasteiger partial charge is 0.433 e. The second kappa shape index (κ2) is 8.18. The van der Waals surface area contributed by atoms with Gasteiger partial charge in [-0.05, 0) is 36.4 Å². The number of nitrogens with one attached hydrogen (secondary N) is 1. The van der Waals surface area contributed by atoms with Crippen molar-refractivity contribution in [1.29, 1.82) is 0 Å². The van der Waals surface area contributed by atoms with E-state index in [9.17, 15) is 31.1 Å². The van der Waals surface area contributed by atoms with Gasteiger partial charge in [-0.3, -0.25) is 4.79 Å². The maximum atomic E-state index is 13.7. The molecule has 0 saturated carbocycles. The Hall–Kier alpha value is -3.41. The van der Waals surface area contributed by atoms with Gasteiger partial charge in [-0.25, -0.2) is 9.50 Å². The summed E-state index contributed by atoms with van der Waals surface area (Å²) in [6.45, 7) is 0. The van der Waals surface area contributed by atoms with Crippen molar-refractivity contribution in [2.75, 3.05) is 5.32 Å². The van der Waals surface area contributed by atoms with Gasteiger partial charge in [0.2, 0.25) is 0 Å². The van der Waals surface area contributed by atoms with E-state index in [0.29, 0.717) is 20.6 Å². The molecule has 2 aromatic carbocycles. The predicted octanol–water partition coefficient (Wildman–Crippen LogP) is 6.45. The van der Waals surface area contributed by atoms with Gasteiger partial charge in [0.1, 0.15) is 5.56 Å². The highest BCUT2D eigenvalue weighted by Crippen LogP contribution is 2.34. The lowest BCUT2D eigenvalue weighted by Crippen LogP contribution is -2.16. The predicted molar refractivity (Wildman–Crippen MR) is 111 cm³/mol. The van der Waals surface area contributed by atoms with Gasteiger partial charge in [-0.1, -0.05) is 34.1 Å². The van der Waals surface area contributed by atoms with Crippen LogP contribution in [0.4, 0.5) is 32.0 Å². The molecular formula is C21H11BrF6N4O.